The molecule has 0 aliphatic heterocycles. The number of anilines is 1. The van der Waals surface area contributed by atoms with Gasteiger partial charge in [0.1, 0.15) is 4.47 Å². The van der Waals surface area contributed by atoms with Gasteiger partial charge in [0.15, 0.2) is 0 Å². The predicted molar refractivity (Wildman–Crippen MR) is 86.1 cm³/mol. The SMILES string of the molecule is C=CCn1ncc(NCC2(CC)CCCC2)c(Br)c1=O. The molecule has 0 spiro atoms. The summed E-state index contributed by atoms with van der Waals surface area (Å²) in [5.74, 6) is 0. The molecule has 0 saturated heterocycles. The summed E-state index contributed by atoms with van der Waals surface area (Å²) in [6.07, 6.45) is 9.74. The van der Waals surface area contributed by atoms with Crippen LogP contribution in [0.15, 0.2) is 28.1 Å². The van der Waals surface area contributed by atoms with E-state index in [1.165, 1.54) is 36.8 Å². The summed E-state index contributed by atoms with van der Waals surface area (Å²) in [5, 5.41) is 7.57. The molecule has 1 aliphatic carbocycles. The van der Waals surface area contributed by atoms with Gasteiger partial charge in [-0.25, -0.2) is 4.68 Å². The van der Waals surface area contributed by atoms with Gasteiger partial charge in [0.25, 0.3) is 5.56 Å². The third-order valence-electron chi connectivity index (χ3n) is 4.35. The summed E-state index contributed by atoms with van der Waals surface area (Å²) >= 11 is 3.38. The number of aromatic nitrogens is 2. The van der Waals surface area contributed by atoms with E-state index in [0.29, 0.717) is 16.4 Å². The first-order chi connectivity index (χ1) is 9.62. The first kappa shape index (κ1) is 15.3. The van der Waals surface area contributed by atoms with Crippen molar-refractivity contribution < 1.29 is 0 Å². The maximum Gasteiger partial charge on any atom is 0.283 e. The number of nitrogens with one attached hydrogen (secondary N) is 1. The van der Waals surface area contributed by atoms with E-state index in [1.807, 2.05) is 0 Å². The van der Waals surface area contributed by atoms with E-state index in [9.17, 15) is 4.79 Å². The molecule has 0 bridgehead atoms. The van der Waals surface area contributed by atoms with Gasteiger partial charge in [0.05, 0.1) is 18.4 Å². The van der Waals surface area contributed by atoms with Gasteiger partial charge in [-0.05, 0) is 40.6 Å². The number of hydrogen-bond acceptors (Lipinski definition) is 3. The second-order valence-corrected chi connectivity index (χ2v) is 6.36. The van der Waals surface area contributed by atoms with Gasteiger partial charge in [0.2, 0.25) is 0 Å². The molecule has 4 nitrogen and oxygen atoms in total. The summed E-state index contributed by atoms with van der Waals surface area (Å²) in [6.45, 7) is 7.22. The van der Waals surface area contributed by atoms with Crippen LogP contribution in [-0.2, 0) is 6.54 Å². The fraction of sp³-hybridized carbons (Fsp3) is 0.600. The number of halogens is 1. The number of nitrogens with zero attached hydrogens (tertiary/aromatic N) is 2. The average Bonchev–Trinajstić information content (AvgIpc) is 2.93. The van der Waals surface area contributed by atoms with E-state index < -0.39 is 0 Å². The first-order valence-electron chi connectivity index (χ1n) is 7.22. The summed E-state index contributed by atoms with van der Waals surface area (Å²) < 4.78 is 1.95. The maximum atomic E-state index is 12.1. The Labute approximate surface area is 128 Å². The van der Waals surface area contributed by atoms with Crippen molar-refractivity contribution in [1.29, 1.82) is 0 Å². The van der Waals surface area contributed by atoms with Crippen LogP contribution in [0.3, 0.4) is 0 Å². The van der Waals surface area contributed by atoms with Gasteiger partial charge >= 0.3 is 0 Å². The monoisotopic (exact) mass is 339 g/mol. The number of rotatable bonds is 6. The molecule has 20 heavy (non-hydrogen) atoms. The van der Waals surface area contributed by atoms with Crippen molar-refractivity contribution in [1.82, 2.24) is 9.78 Å². The fourth-order valence-electron chi connectivity index (χ4n) is 2.90. The Balaban J connectivity index is 2.12. The molecule has 0 radical (unpaired) electrons. The highest BCUT2D eigenvalue weighted by Gasteiger charge is 2.31. The molecule has 2 rings (SSSR count). The molecule has 1 aromatic heterocycles. The highest BCUT2D eigenvalue weighted by atomic mass is 79.9. The molecule has 0 amide bonds. The molecule has 5 heteroatoms. The van der Waals surface area contributed by atoms with Crippen molar-refractivity contribution in [2.45, 2.75) is 45.6 Å². The molecular formula is C15H22BrN3O. The van der Waals surface area contributed by atoms with E-state index >= 15 is 0 Å². The molecule has 1 aliphatic rings. The third kappa shape index (κ3) is 3.14. The zero-order valence-corrected chi connectivity index (χ0v) is 13.6. The van der Waals surface area contributed by atoms with E-state index in [1.54, 1.807) is 12.3 Å². The van der Waals surface area contributed by atoms with Gasteiger partial charge in [0, 0.05) is 6.54 Å². The van der Waals surface area contributed by atoms with Gasteiger partial charge in [-0.3, -0.25) is 4.79 Å². The van der Waals surface area contributed by atoms with Crippen LogP contribution in [0.1, 0.15) is 39.0 Å². The Morgan fingerprint density at radius 1 is 1.55 bits per heavy atom. The maximum absolute atomic E-state index is 12.1. The first-order valence-corrected chi connectivity index (χ1v) is 8.01. The van der Waals surface area contributed by atoms with Crippen LogP contribution >= 0.6 is 15.9 Å². The summed E-state index contributed by atoms with van der Waals surface area (Å²) in [4.78, 5) is 12.1. The minimum Gasteiger partial charge on any atom is -0.382 e. The van der Waals surface area contributed by atoms with Crippen LogP contribution < -0.4 is 10.9 Å². The normalized spacial score (nSPS) is 17.1. The Hall–Kier alpha value is -1.10. The van der Waals surface area contributed by atoms with E-state index in [0.717, 1.165) is 12.2 Å². The molecule has 110 valence electrons. The lowest BCUT2D eigenvalue weighted by Gasteiger charge is -2.28. The molecule has 0 atom stereocenters. The van der Waals surface area contributed by atoms with Crippen LogP contribution in [0, 0.1) is 5.41 Å². The Morgan fingerprint density at radius 2 is 2.25 bits per heavy atom. The zero-order valence-electron chi connectivity index (χ0n) is 12.0. The molecule has 1 heterocycles. The summed E-state index contributed by atoms with van der Waals surface area (Å²) in [7, 11) is 0. The van der Waals surface area contributed by atoms with Gasteiger partial charge in [-0.2, -0.15) is 5.10 Å². The smallest absolute Gasteiger partial charge is 0.283 e. The lowest BCUT2D eigenvalue weighted by molar-refractivity contribution is 0.306. The Kier molecular flexibility index (Phi) is 5.02. The molecule has 1 saturated carbocycles. The van der Waals surface area contributed by atoms with Gasteiger partial charge in [-0.1, -0.05) is 25.8 Å². The minimum absolute atomic E-state index is 0.119. The molecular weight excluding hydrogens is 318 g/mol. The standard InChI is InChI=1S/C15H22BrN3O/c1-3-9-19-14(20)13(16)12(10-18-19)17-11-15(4-2)7-5-6-8-15/h3,10,17H,1,4-9,11H2,2H3. The van der Waals surface area contributed by atoms with Crippen LogP contribution in [-0.4, -0.2) is 16.3 Å². The molecule has 1 N–H and O–H groups in total. The van der Waals surface area contributed by atoms with Crippen LogP contribution in [0.25, 0.3) is 0 Å². The molecule has 1 aromatic rings. The summed E-state index contributed by atoms with van der Waals surface area (Å²) in [6, 6.07) is 0. The highest BCUT2D eigenvalue weighted by molar-refractivity contribution is 9.10. The second kappa shape index (κ2) is 6.57. The van der Waals surface area contributed by atoms with Gasteiger partial charge in [-0.15, -0.1) is 6.58 Å². The van der Waals surface area contributed by atoms with Crippen LogP contribution in [0.4, 0.5) is 5.69 Å². The molecule has 1 fully saturated rings. The number of hydrogen-bond donors (Lipinski definition) is 1. The molecule has 0 unspecified atom stereocenters. The van der Waals surface area contributed by atoms with E-state index in [4.69, 9.17) is 0 Å². The quantitative estimate of drug-likeness (QED) is 0.806. The zero-order chi connectivity index (χ0) is 14.6. The Bertz CT molecular complexity index is 532. The van der Waals surface area contributed by atoms with Gasteiger partial charge < -0.3 is 5.32 Å². The van der Waals surface area contributed by atoms with Crippen molar-refractivity contribution in [2.24, 2.45) is 5.41 Å². The van der Waals surface area contributed by atoms with E-state index in [2.05, 4.69) is 39.8 Å². The highest BCUT2D eigenvalue weighted by Crippen LogP contribution is 2.41. The lowest BCUT2D eigenvalue weighted by atomic mass is 9.83. The fourth-order valence-corrected chi connectivity index (χ4v) is 3.35. The van der Waals surface area contributed by atoms with Crippen molar-refractivity contribution in [2.75, 3.05) is 11.9 Å². The lowest BCUT2D eigenvalue weighted by Crippen LogP contribution is -2.28. The predicted octanol–water partition coefficient (Wildman–Crippen LogP) is 3.57. The number of allylic oxidation sites excluding steroid dienone is 1. The van der Waals surface area contributed by atoms with E-state index in [-0.39, 0.29) is 5.56 Å². The topological polar surface area (TPSA) is 46.9 Å². The van der Waals surface area contributed by atoms with Crippen molar-refractivity contribution in [3.63, 3.8) is 0 Å². The third-order valence-corrected chi connectivity index (χ3v) is 5.12. The molecule has 0 aromatic carbocycles. The summed E-state index contributed by atoms with van der Waals surface area (Å²) in [5.41, 5.74) is 1.05. The van der Waals surface area contributed by atoms with Crippen molar-refractivity contribution >= 4 is 21.6 Å². The minimum atomic E-state index is -0.119. The Morgan fingerprint density at radius 3 is 2.85 bits per heavy atom. The van der Waals surface area contributed by atoms with Crippen LogP contribution in [0.5, 0.6) is 0 Å². The largest absolute Gasteiger partial charge is 0.382 e. The van der Waals surface area contributed by atoms with Crippen molar-refractivity contribution in [3.05, 3.63) is 33.7 Å². The van der Waals surface area contributed by atoms with Crippen molar-refractivity contribution in [3.8, 4) is 0 Å². The van der Waals surface area contributed by atoms with Crippen LogP contribution in [0.2, 0.25) is 0 Å². The average molecular weight is 340 g/mol. The second-order valence-electron chi connectivity index (χ2n) is 5.56.